The number of amides is 1. The van der Waals surface area contributed by atoms with Crippen LogP contribution in [0, 0.1) is 5.92 Å². The molecule has 1 amide bonds. The maximum absolute atomic E-state index is 12.6. The van der Waals surface area contributed by atoms with E-state index in [9.17, 15) is 13.2 Å². The Morgan fingerprint density at radius 2 is 1.95 bits per heavy atom. The number of carbonyl (C=O) groups is 1. The Morgan fingerprint density at radius 1 is 1.32 bits per heavy atom. The van der Waals surface area contributed by atoms with Crippen molar-refractivity contribution in [2.75, 3.05) is 33.4 Å². The van der Waals surface area contributed by atoms with Crippen LogP contribution in [0.1, 0.15) is 17.3 Å². The summed E-state index contributed by atoms with van der Waals surface area (Å²) >= 11 is 5.92. The van der Waals surface area contributed by atoms with E-state index in [1.54, 1.807) is 11.0 Å². The fourth-order valence-corrected chi connectivity index (χ4v) is 4.19. The molecule has 1 heterocycles. The standard InChI is InChI=1S/C15H21ClN2O3S/c1-10-8-18(9-13(10)17(2)3)15(19)11-5-6-12(16)14(7-11)22(4,20)21/h5-7,10,13H,8-9H2,1-4H3. The van der Waals surface area contributed by atoms with Gasteiger partial charge < -0.3 is 9.80 Å². The van der Waals surface area contributed by atoms with Crippen LogP contribution in [0.3, 0.4) is 0 Å². The molecule has 22 heavy (non-hydrogen) atoms. The van der Waals surface area contributed by atoms with Gasteiger partial charge in [-0.3, -0.25) is 4.79 Å². The highest BCUT2D eigenvalue weighted by Crippen LogP contribution is 2.26. The molecule has 0 bridgehead atoms. The number of benzene rings is 1. The van der Waals surface area contributed by atoms with E-state index in [1.165, 1.54) is 12.1 Å². The molecule has 1 aliphatic rings. The van der Waals surface area contributed by atoms with Gasteiger partial charge in [-0.2, -0.15) is 0 Å². The predicted octanol–water partition coefficient (Wildman–Crippen LogP) is 1.77. The summed E-state index contributed by atoms with van der Waals surface area (Å²) in [6.07, 6.45) is 1.09. The molecule has 122 valence electrons. The molecule has 0 radical (unpaired) electrons. The highest BCUT2D eigenvalue weighted by atomic mass is 35.5. The number of likely N-dealkylation sites (tertiary alicyclic amines) is 1. The van der Waals surface area contributed by atoms with Crippen LogP contribution in [0.5, 0.6) is 0 Å². The average molecular weight is 345 g/mol. The molecule has 1 aromatic rings. The van der Waals surface area contributed by atoms with Crippen molar-refractivity contribution in [1.82, 2.24) is 9.80 Å². The van der Waals surface area contributed by atoms with Crippen LogP contribution in [0.4, 0.5) is 0 Å². The normalized spacial score (nSPS) is 22.4. The van der Waals surface area contributed by atoms with Gasteiger partial charge in [-0.15, -0.1) is 0 Å². The summed E-state index contributed by atoms with van der Waals surface area (Å²) in [6.45, 7) is 3.42. The Bertz CT molecular complexity index is 688. The molecule has 0 spiro atoms. The van der Waals surface area contributed by atoms with Crippen molar-refractivity contribution in [3.05, 3.63) is 28.8 Å². The van der Waals surface area contributed by atoms with Crippen LogP contribution in [0.2, 0.25) is 5.02 Å². The van der Waals surface area contributed by atoms with Gasteiger partial charge in [0.05, 0.1) is 9.92 Å². The Labute approximate surface area is 136 Å². The van der Waals surface area contributed by atoms with Crippen LogP contribution in [0.25, 0.3) is 0 Å². The maximum atomic E-state index is 12.6. The second kappa shape index (κ2) is 6.18. The van der Waals surface area contributed by atoms with Crippen LogP contribution in [0.15, 0.2) is 23.1 Å². The first-order valence-corrected chi connectivity index (χ1v) is 9.33. The molecule has 0 saturated carbocycles. The van der Waals surface area contributed by atoms with E-state index >= 15 is 0 Å². The van der Waals surface area contributed by atoms with Crippen molar-refractivity contribution in [3.63, 3.8) is 0 Å². The third-order valence-corrected chi connectivity index (χ3v) is 5.68. The molecule has 0 aromatic heterocycles. The predicted molar refractivity (Wildman–Crippen MR) is 87.1 cm³/mol. The Balaban J connectivity index is 2.28. The fourth-order valence-electron chi connectivity index (χ4n) is 2.89. The topological polar surface area (TPSA) is 57.7 Å². The van der Waals surface area contributed by atoms with Gasteiger partial charge in [0, 0.05) is 31.0 Å². The third-order valence-electron chi connectivity index (χ3n) is 4.10. The van der Waals surface area contributed by atoms with Gasteiger partial charge in [-0.25, -0.2) is 8.42 Å². The zero-order valence-electron chi connectivity index (χ0n) is 13.2. The number of halogens is 1. The lowest BCUT2D eigenvalue weighted by Crippen LogP contribution is -2.35. The monoisotopic (exact) mass is 344 g/mol. The van der Waals surface area contributed by atoms with Crippen molar-refractivity contribution in [2.24, 2.45) is 5.92 Å². The number of hydrogen-bond acceptors (Lipinski definition) is 4. The number of nitrogens with zero attached hydrogens (tertiary/aromatic N) is 2. The lowest BCUT2D eigenvalue weighted by atomic mass is 10.1. The van der Waals surface area contributed by atoms with Crippen molar-refractivity contribution in [2.45, 2.75) is 17.9 Å². The molecule has 0 aliphatic carbocycles. The van der Waals surface area contributed by atoms with E-state index in [1.807, 2.05) is 14.1 Å². The van der Waals surface area contributed by atoms with Crippen LogP contribution >= 0.6 is 11.6 Å². The third kappa shape index (κ3) is 3.45. The fraction of sp³-hybridized carbons (Fsp3) is 0.533. The highest BCUT2D eigenvalue weighted by molar-refractivity contribution is 7.90. The molecule has 2 unspecified atom stereocenters. The summed E-state index contributed by atoms with van der Waals surface area (Å²) < 4.78 is 23.5. The second-order valence-electron chi connectivity index (χ2n) is 6.14. The van der Waals surface area contributed by atoms with E-state index in [2.05, 4.69) is 11.8 Å². The molecular formula is C15H21ClN2O3S. The maximum Gasteiger partial charge on any atom is 0.253 e. The van der Waals surface area contributed by atoms with Crippen LogP contribution < -0.4 is 0 Å². The van der Waals surface area contributed by atoms with Gasteiger partial charge in [0.1, 0.15) is 0 Å². The molecule has 0 N–H and O–H groups in total. The number of likely N-dealkylation sites (N-methyl/N-ethyl adjacent to an activating group) is 1. The van der Waals surface area contributed by atoms with Gasteiger partial charge in [0.25, 0.3) is 5.91 Å². The first-order chi connectivity index (χ1) is 10.1. The minimum atomic E-state index is -3.46. The second-order valence-corrected chi connectivity index (χ2v) is 8.53. The van der Waals surface area contributed by atoms with Crippen molar-refractivity contribution < 1.29 is 13.2 Å². The van der Waals surface area contributed by atoms with Crippen LogP contribution in [-0.2, 0) is 9.84 Å². The average Bonchev–Trinajstić information content (AvgIpc) is 2.79. The molecule has 2 rings (SSSR count). The summed E-state index contributed by atoms with van der Waals surface area (Å²) in [5.41, 5.74) is 0.358. The summed E-state index contributed by atoms with van der Waals surface area (Å²) in [6, 6.07) is 4.72. The first kappa shape index (κ1) is 17.2. The first-order valence-electron chi connectivity index (χ1n) is 7.06. The quantitative estimate of drug-likeness (QED) is 0.838. The van der Waals surface area contributed by atoms with E-state index < -0.39 is 9.84 Å². The lowest BCUT2D eigenvalue weighted by molar-refractivity contribution is 0.0781. The molecule has 1 aliphatic heterocycles. The lowest BCUT2D eigenvalue weighted by Gasteiger charge is -2.22. The van der Waals surface area contributed by atoms with Gasteiger partial charge in [-0.1, -0.05) is 18.5 Å². The highest BCUT2D eigenvalue weighted by Gasteiger charge is 2.34. The van der Waals surface area contributed by atoms with E-state index in [0.717, 1.165) is 6.26 Å². The largest absolute Gasteiger partial charge is 0.337 e. The Kier molecular flexibility index (Phi) is 4.84. The number of carbonyl (C=O) groups excluding carboxylic acids is 1. The van der Waals surface area contributed by atoms with Gasteiger partial charge in [0.15, 0.2) is 9.84 Å². The Morgan fingerprint density at radius 3 is 2.45 bits per heavy atom. The molecule has 5 nitrogen and oxygen atoms in total. The smallest absolute Gasteiger partial charge is 0.253 e. The van der Waals surface area contributed by atoms with Crippen molar-refractivity contribution in [1.29, 1.82) is 0 Å². The molecule has 1 fully saturated rings. The minimum absolute atomic E-state index is 0.00331. The molecule has 1 saturated heterocycles. The van der Waals surface area contributed by atoms with Crippen molar-refractivity contribution in [3.8, 4) is 0 Å². The Hall–Kier alpha value is -1.11. The SMILES string of the molecule is CC1CN(C(=O)c2ccc(Cl)c(S(C)(=O)=O)c2)CC1N(C)C. The van der Waals surface area contributed by atoms with Gasteiger partial charge in [-0.05, 0) is 38.2 Å². The van der Waals surface area contributed by atoms with E-state index in [0.29, 0.717) is 30.6 Å². The number of sulfone groups is 1. The summed E-state index contributed by atoms with van der Waals surface area (Å²) in [7, 11) is 0.539. The molecule has 7 heteroatoms. The number of hydrogen-bond donors (Lipinski definition) is 0. The molecule has 1 aromatic carbocycles. The van der Waals surface area contributed by atoms with Crippen LogP contribution in [-0.4, -0.2) is 63.6 Å². The molecular weight excluding hydrogens is 324 g/mol. The summed E-state index contributed by atoms with van der Waals surface area (Å²) in [5, 5.41) is 0.139. The van der Waals surface area contributed by atoms with E-state index in [-0.39, 0.29) is 15.8 Å². The van der Waals surface area contributed by atoms with Gasteiger partial charge >= 0.3 is 0 Å². The summed E-state index contributed by atoms with van der Waals surface area (Å²) in [5.74, 6) is 0.221. The minimum Gasteiger partial charge on any atom is -0.337 e. The zero-order valence-corrected chi connectivity index (χ0v) is 14.8. The summed E-state index contributed by atoms with van der Waals surface area (Å²) in [4.78, 5) is 16.5. The zero-order chi connectivity index (χ0) is 16.7. The molecule has 2 atom stereocenters. The van der Waals surface area contributed by atoms with Crippen molar-refractivity contribution >= 4 is 27.3 Å². The van der Waals surface area contributed by atoms with E-state index in [4.69, 9.17) is 11.6 Å². The number of rotatable bonds is 3. The van der Waals surface area contributed by atoms with Gasteiger partial charge in [0.2, 0.25) is 0 Å².